The highest BCUT2D eigenvalue weighted by atomic mass is 79.9. The number of alkyl halides is 1. The summed E-state index contributed by atoms with van der Waals surface area (Å²) >= 11 is 3.48. The number of aryl methyl sites for hydroxylation is 1. The Balaban J connectivity index is 2.00. The average Bonchev–Trinajstić information content (AvgIpc) is 2.90. The first-order valence-electron chi connectivity index (χ1n) is 6.01. The predicted octanol–water partition coefficient (Wildman–Crippen LogP) is 2.89. The summed E-state index contributed by atoms with van der Waals surface area (Å²) in [6.45, 7) is 2.72. The lowest BCUT2D eigenvalue weighted by Crippen LogP contribution is -2.24. The zero-order valence-electron chi connectivity index (χ0n) is 10.0. The van der Waals surface area contributed by atoms with Gasteiger partial charge in [-0.2, -0.15) is 0 Å². The maximum Gasteiger partial charge on any atom is 0.228 e. The molecular formula is C13H13BrN2O2. The number of amides is 1. The zero-order valence-corrected chi connectivity index (χ0v) is 11.6. The van der Waals surface area contributed by atoms with Gasteiger partial charge in [0.25, 0.3) is 0 Å². The molecule has 0 spiro atoms. The second kappa shape index (κ2) is 4.39. The van der Waals surface area contributed by atoms with E-state index in [1.165, 1.54) is 0 Å². The van der Waals surface area contributed by atoms with Crippen molar-refractivity contribution < 1.29 is 9.21 Å². The Labute approximate surface area is 113 Å². The molecule has 5 heteroatoms. The summed E-state index contributed by atoms with van der Waals surface area (Å²) in [5, 5.41) is 0. The quantitative estimate of drug-likeness (QED) is 0.801. The van der Waals surface area contributed by atoms with Crippen LogP contribution >= 0.6 is 15.9 Å². The molecule has 1 atom stereocenters. The monoisotopic (exact) mass is 308 g/mol. The summed E-state index contributed by atoms with van der Waals surface area (Å²) < 4.78 is 5.56. The van der Waals surface area contributed by atoms with Gasteiger partial charge in [-0.1, -0.05) is 22.9 Å². The van der Waals surface area contributed by atoms with E-state index in [4.69, 9.17) is 4.42 Å². The Morgan fingerprint density at radius 2 is 2.39 bits per heavy atom. The van der Waals surface area contributed by atoms with Gasteiger partial charge in [-0.25, -0.2) is 4.98 Å². The predicted molar refractivity (Wildman–Crippen MR) is 73.1 cm³/mol. The van der Waals surface area contributed by atoms with Crippen LogP contribution in [0.1, 0.15) is 19.2 Å². The van der Waals surface area contributed by atoms with Crippen LogP contribution in [0.4, 0.5) is 5.69 Å². The molecule has 3 rings (SSSR count). The van der Waals surface area contributed by atoms with Crippen LogP contribution in [-0.2, 0) is 11.2 Å². The molecular weight excluding hydrogens is 296 g/mol. The molecule has 1 fully saturated rings. The number of nitrogens with zero attached hydrogens (tertiary/aromatic N) is 2. The molecule has 94 valence electrons. The molecule has 18 heavy (non-hydrogen) atoms. The minimum atomic E-state index is 0.149. The molecule has 1 aromatic carbocycles. The Kier molecular flexibility index (Phi) is 2.86. The molecule has 0 N–H and O–H groups in total. The highest BCUT2D eigenvalue weighted by Crippen LogP contribution is 2.28. The van der Waals surface area contributed by atoms with Crippen molar-refractivity contribution in [2.75, 3.05) is 11.4 Å². The number of fused-ring (bicyclic) bond motifs is 1. The number of anilines is 1. The highest BCUT2D eigenvalue weighted by molar-refractivity contribution is 9.09. The summed E-state index contributed by atoms with van der Waals surface area (Å²) in [5.74, 6) is 0.878. The van der Waals surface area contributed by atoms with E-state index in [1.54, 1.807) is 4.90 Å². The maximum absolute atomic E-state index is 11.8. The maximum atomic E-state index is 11.8. The molecule has 1 amide bonds. The lowest BCUT2D eigenvalue weighted by atomic mass is 10.2. The molecule has 1 saturated heterocycles. The Morgan fingerprint density at radius 3 is 3.06 bits per heavy atom. The van der Waals surface area contributed by atoms with Crippen molar-refractivity contribution in [3.63, 3.8) is 0 Å². The zero-order chi connectivity index (χ0) is 12.7. The molecule has 2 heterocycles. The van der Waals surface area contributed by atoms with Crippen LogP contribution in [0.2, 0.25) is 0 Å². The van der Waals surface area contributed by atoms with Gasteiger partial charge in [0.05, 0.1) is 0 Å². The number of aromatic nitrogens is 1. The summed E-state index contributed by atoms with van der Waals surface area (Å²) in [6.07, 6.45) is 1.33. The van der Waals surface area contributed by atoms with Crippen LogP contribution < -0.4 is 4.90 Å². The molecule has 1 aromatic heterocycles. The third-order valence-corrected chi connectivity index (χ3v) is 3.72. The normalized spacial score (nSPS) is 20.0. The van der Waals surface area contributed by atoms with Crippen molar-refractivity contribution >= 4 is 38.6 Å². The van der Waals surface area contributed by atoms with Gasteiger partial charge in [0.2, 0.25) is 5.91 Å². The molecule has 0 radical (unpaired) electrons. The SMILES string of the molecule is CCc1nc2cc(N3CC(Br)CC3=O)ccc2o1. The number of benzene rings is 1. The van der Waals surface area contributed by atoms with Crippen LogP contribution in [0.15, 0.2) is 22.6 Å². The van der Waals surface area contributed by atoms with Gasteiger partial charge in [-0.15, -0.1) is 0 Å². The molecule has 4 nitrogen and oxygen atoms in total. The van der Waals surface area contributed by atoms with Crippen molar-refractivity contribution in [1.29, 1.82) is 0 Å². The second-order valence-electron chi connectivity index (χ2n) is 4.42. The minimum Gasteiger partial charge on any atom is -0.441 e. The average molecular weight is 309 g/mol. The molecule has 1 unspecified atom stereocenters. The highest BCUT2D eigenvalue weighted by Gasteiger charge is 2.29. The number of halogens is 1. The number of carbonyl (C=O) groups excluding carboxylic acids is 1. The summed E-state index contributed by atoms with van der Waals surface area (Å²) in [4.78, 5) is 18.3. The summed E-state index contributed by atoms with van der Waals surface area (Å²) in [7, 11) is 0. The van der Waals surface area contributed by atoms with E-state index in [0.29, 0.717) is 13.0 Å². The second-order valence-corrected chi connectivity index (χ2v) is 5.71. The van der Waals surface area contributed by atoms with Crippen LogP contribution in [-0.4, -0.2) is 22.3 Å². The Hall–Kier alpha value is -1.36. The fourth-order valence-corrected chi connectivity index (χ4v) is 2.76. The van der Waals surface area contributed by atoms with Gasteiger partial charge in [-0.3, -0.25) is 4.79 Å². The largest absolute Gasteiger partial charge is 0.441 e. The van der Waals surface area contributed by atoms with E-state index in [-0.39, 0.29) is 10.7 Å². The molecule has 2 aromatic rings. The smallest absolute Gasteiger partial charge is 0.228 e. The van der Waals surface area contributed by atoms with Crippen molar-refractivity contribution in [2.45, 2.75) is 24.6 Å². The number of carbonyl (C=O) groups is 1. The lowest BCUT2D eigenvalue weighted by Gasteiger charge is -2.15. The van der Waals surface area contributed by atoms with E-state index in [2.05, 4.69) is 20.9 Å². The van der Waals surface area contributed by atoms with Gasteiger partial charge >= 0.3 is 0 Å². The number of oxazole rings is 1. The Morgan fingerprint density at radius 1 is 1.56 bits per heavy atom. The van der Waals surface area contributed by atoms with Gasteiger partial charge in [-0.05, 0) is 18.2 Å². The van der Waals surface area contributed by atoms with E-state index >= 15 is 0 Å². The van der Waals surface area contributed by atoms with Crippen LogP contribution in [0.5, 0.6) is 0 Å². The van der Waals surface area contributed by atoms with Gasteiger partial charge in [0, 0.05) is 29.9 Å². The Bertz CT molecular complexity index is 608. The first-order valence-corrected chi connectivity index (χ1v) is 6.93. The van der Waals surface area contributed by atoms with Gasteiger partial charge < -0.3 is 9.32 Å². The van der Waals surface area contributed by atoms with Crippen LogP contribution in [0.25, 0.3) is 11.1 Å². The van der Waals surface area contributed by atoms with Crippen molar-refractivity contribution in [3.8, 4) is 0 Å². The van der Waals surface area contributed by atoms with Crippen molar-refractivity contribution in [1.82, 2.24) is 4.98 Å². The molecule has 1 aliphatic rings. The first kappa shape index (κ1) is 11.7. The first-order chi connectivity index (χ1) is 8.67. The minimum absolute atomic E-state index is 0.149. The van der Waals surface area contributed by atoms with Crippen LogP contribution in [0.3, 0.4) is 0 Å². The van der Waals surface area contributed by atoms with E-state index in [0.717, 1.165) is 29.1 Å². The summed E-state index contributed by atoms with van der Waals surface area (Å²) in [5.41, 5.74) is 2.48. The van der Waals surface area contributed by atoms with E-state index in [9.17, 15) is 4.79 Å². The lowest BCUT2D eigenvalue weighted by molar-refractivity contribution is -0.117. The fourth-order valence-electron chi connectivity index (χ4n) is 2.20. The molecule has 0 bridgehead atoms. The third kappa shape index (κ3) is 1.92. The summed E-state index contributed by atoms with van der Waals surface area (Å²) in [6, 6.07) is 5.71. The standard InChI is InChI=1S/C13H13BrN2O2/c1-2-12-15-10-6-9(3-4-11(10)18-12)16-7-8(14)5-13(16)17/h3-4,6,8H,2,5,7H2,1H3. The number of rotatable bonds is 2. The van der Waals surface area contributed by atoms with Gasteiger partial charge in [0.1, 0.15) is 5.52 Å². The van der Waals surface area contributed by atoms with Crippen molar-refractivity contribution in [2.24, 2.45) is 0 Å². The number of hydrogen-bond donors (Lipinski definition) is 0. The van der Waals surface area contributed by atoms with Gasteiger partial charge in [0.15, 0.2) is 11.5 Å². The molecule has 0 aliphatic carbocycles. The topological polar surface area (TPSA) is 46.3 Å². The van der Waals surface area contributed by atoms with Crippen LogP contribution in [0, 0.1) is 0 Å². The number of hydrogen-bond acceptors (Lipinski definition) is 3. The molecule has 1 aliphatic heterocycles. The van der Waals surface area contributed by atoms with E-state index < -0.39 is 0 Å². The third-order valence-electron chi connectivity index (χ3n) is 3.11. The van der Waals surface area contributed by atoms with E-state index in [1.807, 2.05) is 25.1 Å². The van der Waals surface area contributed by atoms with Crippen molar-refractivity contribution in [3.05, 3.63) is 24.1 Å². The molecule has 0 saturated carbocycles. The fraction of sp³-hybridized carbons (Fsp3) is 0.385.